The molecule has 1 unspecified atom stereocenters. The number of aliphatic hydroxyl groups excluding tert-OH is 1. The Morgan fingerprint density at radius 2 is 2.00 bits per heavy atom. The average Bonchev–Trinajstić information content (AvgIpc) is 2.54. The van der Waals surface area contributed by atoms with Crippen LogP contribution in [0.1, 0.15) is 36.5 Å². The predicted octanol–water partition coefficient (Wildman–Crippen LogP) is 1.80. The number of hydrogen-bond donors (Lipinski definition) is 2. The Bertz CT molecular complexity index is 467. The van der Waals surface area contributed by atoms with Crippen LogP contribution in [0.15, 0.2) is 24.3 Å². The molecule has 1 aromatic carbocycles. The van der Waals surface area contributed by atoms with Crippen LogP contribution in [0.2, 0.25) is 0 Å². The van der Waals surface area contributed by atoms with Crippen LogP contribution in [0.25, 0.3) is 0 Å². The predicted molar refractivity (Wildman–Crippen MR) is 87.3 cm³/mol. The maximum atomic E-state index is 12.2. The van der Waals surface area contributed by atoms with Crippen LogP contribution in [0.4, 0.5) is 5.69 Å². The highest BCUT2D eigenvalue weighted by Crippen LogP contribution is 2.20. The molecule has 5 nitrogen and oxygen atoms in total. The first-order valence-corrected chi connectivity index (χ1v) is 7.93. The number of nitrogens with one attached hydrogen (secondary N) is 1. The Morgan fingerprint density at radius 3 is 2.59 bits per heavy atom. The van der Waals surface area contributed by atoms with Gasteiger partial charge in [-0.3, -0.25) is 4.79 Å². The first-order chi connectivity index (χ1) is 10.6. The van der Waals surface area contributed by atoms with Crippen molar-refractivity contribution in [2.24, 2.45) is 0 Å². The molecule has 2 rings (SSSR count). The first kappa shape index (κ1) is 16.8. The quantitative estimate of drug-likeness (QED) is 0.841. The van der Waals surface area contributed by atoms with Crippen molar-refractivity contribution in [3.8, 4) is 0 Å². The minimum absolute atomic E-state index is 0.0516. The van der Waals surface area contributed by atoms with Gasteiger partial charge in [0.25, 0.3) is 5.91 Å². The standard InChI is InChI=1S/C17H26N2O3/c1-13(9-12-22-2)18-17(21)14-3-5-15(6-4-14)19-10-7-16(20)8-11-19/h3-6,13,16,20H,7-12H2,1-2H3,(H,18,21). The average molecular weight is 306 g/mol. The monoisotopic (exact) mass is 306 g/mol. The van der Waals surface area contributed by atoms with E-state index in [9.17, 15) is 9.90 Å². The van der Waals surface area contributed by atoms with Crippen LogP contribution >= 0.6 is 0 Å². The number of carbonyl (C=O) groups is 1. The Morgan fingerprint density at radius 1 is 1.36 bits per heavy atom. The minimum atomic E-state index is -0.171. The summed E-state index contributed by atoms with van der Waals surface area (Å²) in [5, 5.41) is 12.5. The lowest BCUT2D eigenvalue weighted by Crippen LogP contribution is -2.36. The lowest BCUT2D eigenvalue weighted by atomic mass is 10.1. The van der Waals surface area contributed by atoms with Gasteiger partial charge in [-0.05, 0) is 50.5 Å². The summed E-state index contributed by atoms with van der Waals surface area (Å²) in [7, 11) is 1.66. The van der Waals surface area contributed by atoms with E-state index in [0.717, 1.165) is 38.0 Å². The fourth-order valence-electron chi connectivity index (χ4n) is 2.62. The van der Waals surface area contributed by atoms with E-state index in [4.69, 9.17) is 4.74 Å². The summed E-state index contributed by atoms with van der Waals surface area (Å²) >= 11 is 0. The van der Waals surface area contributed by atoms with Crippen molar-refractivity contribution in [3.05, 3.63) is 29.8 Å². The zero-order valence-electron chi connectivity index (χ0n) is 13.4. The van der Waals surface area contributed by atoms with Crippen molar-refractivity contribution in [2.75, 3.05) is 31.7 Å². The number of benzene rings is 1. The second-order valence-corrected chi connectivity index (χ2v) is 5.92. The molecule has 0 aromatic heterocycles. The number of carbonyl (C=O) groups excluding carboxylic acids is 1. The van der Waals surface area contributed by atoms with Crippen LogP contribution < -0.4 is 10.2 Å². The lowest BCUT2D eigenvalue weighted by Gasteiger charge is -2.31. The van der Waals surface area contributed by atoms with Crippen molar-refractivity contribution < 1.29 is 14.6 Å². The number of ether oxygens (including phenoxy) is 1. The third kappa shape index (κ3) is 4.71. The SMILES string of the molecule is COCCC(C)NC(=O)c1ccc(N2CCC(O)CC2)cc1. The van der Waals surface area contributed by atoms with Gasteiger partial charge in [0, 0.05) is 44.1 Å². The zero-order valence-corrected chi connectivity index (χ0v) is 13.4. The van der Waals surface area contributed by atoms with Crippen LogP contribution in [0, 0.1) is 0 Å². The van der Waals surface area contributed by atoms with Crippen molar-refractivity contribution in [1.29, 1.82) is 0 Å². The van der Waals surface area contributed by atoms with Crippen LogP contribution in [-0.2, 0) is 4.74 Å². The number of rotatable bonds is 6. The van der Waals surface area contributed by atoms with Crippen molar-refractivity contribution in [2.45, 2.75) is 38.3 Å². The molecule has 0 spiro atoms. The number of anilines is 1. The highest BCUT2D eigenvalue weighted by Gasteiger charge is 2.17. The molecule has 1 aliphatic rings. The van der Waals surface area contributed by atoms with Gasteiger partial charge in [-0.25, -0.2) is 0 Å². The summed E-state index contributed by atoms with van der Waals surface area (Å²) in [4.78, 5) is 14.4. The summed E-state index contributed by atoms with van der Waals surface area (Å²) in [5.41, 5.74) is 1.78. The van der Waals surface area contributed by atoms with E-state index in [1.54, 1.807) is 7.11 Å². The van der Waals surface area contributed by atoms with Gasteiger partial charge in [-0.2, -0.15) is 0 Å². The van der Waals surface area contributed by atoms with Gasteiger partial charge in [0.1, 0.15) is 0 Å². The number of piperidine rings is 1. The molecule has 1 fully saturated rings. The van der Waals surface area contributed by atoms with Gasteiger partial charge in [-0.1, -0.05) is 0 Å². The molecule has 0 radical (unpaired) electrons. The number of hydrogen-bond acceptors (Lipinski definition) is 4. The number of nitrogens with zero attached hydrogens (tertiary/aromatic N) is 1. The van der Waals surface area contributed by atoms with E-state index >= 15 is 0 Å². The van der Waals surface area contributed by atoms with Gasteiger partial charge < -0.3 is 20.1 Å². The topological polar surface area (TPSA) is 61.8 Å². The molecule has 1 aromatic rings. The Balaban J connectivity index is 1.89. The number of amides is 1. The first-order valence-electron chi connectivity index (χ1n) is 7.93. The highest BCUT2D eigenvalue weighted by molar-refractivity contribution is 5.94. The fraction of sp³-hybridized carbons (Fsp3) is 0.588. The number of methoxy groups -OCH3 is 1. The van der Waals surface area contributed by atoms with E-state index in [1.807, 2.05) is 31.2 Å². The summed E-state index contributed by atoms with van der Waals surface area (Å²) < 4.78 is 5.02. The molecule has 122 valence electrons. The highest BCUT2D eigenvalue weighted by atomic mass is 16.5. The third-order valence-electron chi connectivity index (χ3n) is 4.09. The molecule has 2 N–H and O–H groups in total. The summed E-state index contributed by atoms with van der Waals surface area (Å²) in [5.74, 6) is -0.0516. The van der Waals surface area contributed by atoms with Crippen LogP contribution in [-0.4, -0.2) is 50.0 Å². The van der Waals surface area contributed by atoms with Crippen LogP contribution in [0.3, 0.4) is 0 Å². The van der Waals surface area contributed by atoms with Crippen molar-refractivity contribution in [3.63, 3.8) is 0 Å². The summed E-state index contributed by atoms with van der Waals surface area (Å²) in [6.45, 7) is 4.34. The molecule has 0 bridgehead atoms. The smallest absolute Gasteiger partial charge is 0.251 e. The molecule has 1 aliphatic heterocycles. The molecule has 1 atom stereocenters. The molecular formula is C17H26N2O3. The van der Waals surface area contributed by atoms with E-state index < -0.39 is 0 Å². The second kappa shape index (κ2) is 8.15. The molecule has 22 heavy (non-hydrogen) atoms. The molecule has 1 amide bonds. The van der Waals surface area contributed by atoms with Crippen molar-refractivity contribution >= 4 is 11.6 Å². The van der Waals surface area contributed by atoms with E-state index in [1.165, 1.54) is 0 Å². The van der Waals surface area contributed by atoms with E-state index in [0.29, 0.717) is 12.2 Å². The maximum Gasteiger partial charge on any atom is 0.251 e. The van der Waals surface area contributed by atoms with Crippen LogP contribution in [0.5, 0.6) is 0 Å². The zero-order chi connectivity index (χ0) is 15.9. The maximum absolute atomic E-state index is 12.2. The number of aliphatic hydroxyl groups is 1. The van der Waals surface area contributed by atoms with Crippen molar-refractivity contribution in [1.82, 2.24) is 5.32 Å². The Hall–Kier alpha value is -1.59. The Labute approximate surface area is 132 Å². The molecule has 0 aliphatic carbocycles. The molecular weight excluding hydrogens is 280 g/mol. The fourth-order valence-corrected chi connectivity index (χ4v) is 2.62. The van der Waals surface area contributed by atoms with Gasteiger partial charge >= 0.3 is 0 Å². The molecule has 0 saturated carbocycles. The van der Waals surface area contributed by atoms with E-state index in [-0.39, 0.29) is 18.1 Å². The van der Waals surface area contributed by atoms with Gasteiger partial charge in [0.2, 0.25) is 0 Å². The molecule has 5 heteroatoms. The summed E-state index contributed by atoms with van der Waals surface area (Å²) in [6, 6.07) is 7.77. The molecule has 1 heterocycles. The largest absolute Gasteiger partial charge is 0.393 e. The third-order valence-corrected chi connectivity index (χ3v) is 4.09. The van der Waals surface area contributed by atoms with Gasteiger partial charge in [0.05, 0.1) is 6.10 Å². The summed E-state index contributed by atoms with van der Waals surface area (Å²) in [6.07, 6.45) is 2.24. The minimum Gasteiger partial charge on any atom is -0.393 e. The lowest BCUT2D eigenvalue weighted by molar-refractivity contribution is 0.0929. The second-order valence-electron chi connectivity index (χ2n) is 5.92. The van der Waals surface area contributed by atoms with Gasteiger partial charge in [0.15, 0.2) is 0 Å². The van der Waals surface area contributed by atoms with Gasteiger partial charge in [-0.15, -0.1) is 0 Å². The Kier molecular flexibility index (Phi) is 6.21. The molecule has 1 saturated heterocycles. The normalized spacial score (nSPS) is 17.3. The van der Waals surface area contributed by atoms with E-state index in [2.05, 4.69) is 10.2 Å².